The van der Waals surface area contributed by atoms with Crippen molar-refractivity contribution in [2.24, 2.45) is 0 Å². The fraction of sp³-hybridized carbons (Fsp3) is 0.0435. The third-order valence-corrected chi connectivity index (χ3v) is 4.95. The van der Waals surface area contributed by atoms with Crippen molar-refractivity contribution in [3.05, 3.63) is 95.6 Å². The molecule has 0 aliphatic carbocycles. The van der Waals surface area contributed by atoms with Crippen LogP contribution in [0.2, 0.25) is 5.02 Å². The summed E-state index contributed by atoms with van der Waals surface area (Å²) in [5.74, 6) is 1.13. The minimum Gasteiger partial charge on any atom is -0.485 e. The molecule has 0 radical (unpaired) electrons. The van der Waals surface area contributed by atoms with E-state index >= 15 is 0 Å². The Morgan fingerprint density at radius 1 is 0.897 bits per heavy atom. The van der Waals surface area contributed by atoms with Crippen molar-refractivity contribution in [2.75, 3.05) is 10.6 Å². The molecule has 1 aromatic heterocycles. The van der Waals surface area contributed by atoms with Gasteiger partial charge in [0.15, 0.2) is 16.7 Å². The van der Waals surface area contributed by atoms with Gasteiger partial charge in [-0.3, -0.25) is 0 Å². The van der Waals surface area contributed by atoms with Crippen LogP contribution in [0.1, 0.15) is 5.56 Å². The van der Waals surface area contributed by atoms with E-state index in [1.807, 2.05) is 60.7 Å². The van der Waals surface area contributed by atoms with Gasteiger partial charge in [-0.05, 0) is 41.9 Å². The summed E-state index contributed by atoms with van der Waals surface area (Å²) in [6, 6.07) is 25.4. The lowest BCUT2D eigenvalue weighted by Gasteiger charge is -2.15. The summed E-state index contributed by atoms with van der Waals surface area (Å²) in [6.45, 7) is 0.337. The van der Waals surface area contributed by atoms with Crippen molar-refractivity contribution in [1.82, 2.24) is 4.98 Å². The van der Waals surface area contributed by atoms with Crippen LogP contribution in [0.3, 0.4) is 0 Å². The molecule has 144 valence electrons. The molecule has 1 heterocycles. The lowest BCUT2D eigenvalue weighted by molar-refractivity contribution is 0.307. The summed E-state index contributed by atoms with van der Waals surface area (Å²) in [4.78, 5) is 4.36. The van der Waals surface area contributed by atoms with Crippen molar-refractivity contribution in [3.63, 3.8) is 0 Å². The van der Waals surface area contributed by atoms with Gasteiger partial charge in [-0.25, -0.2) is 4.98 Å². The van der Waals surface area contributed by atoms with Crippen molar-refractivity contribution >= 4 is 51.2 Å². The van der Waals surface area contributed by atoms with Crippen molar-refractivity contribution in [2.45, 2.75) is 6.61 Å². The molecule has 0 aliphatic rings. The van der Waals surface area contributed by atoms with E-state index in [1.54, 1.807) is 6.20 Å². The van der Waals surface area contributed by atoms with Crippen LogP contribution in [0, 0.1) is 0 Å². The number of halogens is 1. The van der Waals surface area contributed by atoms with Crippen LogP contribution in [0.4, 0.5) is 11.5 Å². The topological polar surface area (TPSA) is 46.2 Å². The number of rotatable bonds is 5. The quantitative estimate of drug-likeness (QED) is 0.373. The van der Waals surface area contributed by atoms with Gasteiger partial charge in [0.25, 0.3) is 0 Å². The number of thiocarbonyl (C=S) groups is 1. The Bertz CT molecular complexity index is 1160. The molecular formula is C23H18ClN3OS. The number of nitrogens with one attached hydrogen (secondary N) is 2. The maximum atomic E-state index is 6.21. The van der Waals surface area contributed by atoms with Gasteiger partial charge in [0.2, 0.25) is 0 Å². The number of aromatic nitrogens is 1. The van der Waals surface area contributed by atoms with Gasteiger partial charge in [-0.2, -0.15) is 0 Å². The summed E-state index contributed by atoms with van der Waals surface area (Å²) in [5, 5.41) is 9.71. The Hall–Kier alpha value is -3.15. The number of benzene rings is 3. The zero-order valence-corrected chi connectivity index (χ0v) is 17.0. The standard InChI is InChI=1S/C23H18ClN3OS/c24-19-11-4-2-8-17(19)15-28-21-13-6-14-25-22(21)27-23(29)26-20-12-5-9-16-7-1-3-10-18(16)20/h1-14H,15H2,(H2,25,26,27,29). The number of hydrogen-bond acceptors (Lipinski definition) is 3. The number of ether oxygens (including phenoxy) is 1. The summed E-state index contributed by atoms with van der Waals surface area (Å²) in [5.41, 5.74) is 1.83. The Balaban J connectivity index is 1.48. The third kappa shape index (κ3) is 4.65. The van der Waals surface area contributed by atoms with E-state index in [0.717, 1.165) is 22.0 Å². The van der Waals surface area contributed by atoms with Gasteiger partial charge in [0.1, 0.15) is 6.61 Å². The number of anilines is 2. The molecule has 2 N–H and O–H groups in total. The maximum absolute atomic E-state index is 6.21. The zero-order valence-electron chi connectivity index (χ0n) is 15.4. The Morgan fingerprint density at radius 2 is 1.69 bits per heavy atom. The van der Waals surface area contributed by atoms with Gasteiger partial charge in [0.05, 0.1) is 0 Å². The molecule has 0 saturated heterocycles. The van der Waals surface area contributed by atoms with Gasteiger partial charge in [-0.1, -0.05) is 66.2 Å². The largest absolute Gasteiger partial charge is 0.485 e. The van der Waals surface area contributed by atoms with Gasteiger partial charge in [-0.15, -0.1) is 0 Å². The molecule has 29 heavy (non-hydrogen) atoms. The highest BCUT2D eigenvalue weighted by Crippen LogP contribution is 2.26. The predicted molar refractivity (Wildman–Crippen MR) is 124 cm³/mol. The number of nitrogens with zero attached hydrogens (tertiary/aromatic N) is 1. The van der Waals surface area contributed by atoms with Gasteiger partial charge >= 0.3 is 0 Å². The Labute approximate surface area is 179 Å². The first-order chi connectivity index (χ1) is 14.2. The summed E-state index contributed by atoms with van der Waals surface area (Å²) >= 11 is 11.7. The molecule has 0 aliphatic heterocycles. The van der Waals surface area contributed by atoms with E-state index in [0.29, 0.717) is 28.3 Å². The van der Waals surface area contributed by atoms with Crippen LogP contribution in [-0.2, 0) is 6.61 Å². The van der Waals surface area contributed by atoms with Crippen LogP contribution in [0.25, 0.3) is 10.8 Å². The van der Waals surface area contributed by atoms with E-state index in [-0.39, 0.29) is 0 Å². The molecule has 0 fully saturated rings. The van der Waals surface area contributed by atoms with Crippen LogP contribution < -0.4 is 15.4 Å². The van der Waals surface area contributed by atoms with Gasteiger partial charge in [0, 0.05) is 27.9 Å². The SMILES string of the molecule is S=C(Nc1ncccc1OCc1ccccc1Cl)Nc1cccc2ccccc12. The molecule has 0 unspecified atom stereocenters. The van der Waals surface area contributed by atoms with Crippen LogP contribution >= 0.6 is 23.8 Å². The summed E-state index contributed by atoms with van der Waals surface area (Å²) in [7, 11) is 0. The first kappa shape index (κ1) is 19.2. The second-order valence-corrected chi connectivity index (χ2v) is 7.15. The summed E-state index contributed by atoms with van der Waals surface area (Å²) in [6.07, 6.45) is 1.69. The lowest BCUT2D eigenvalue weighted by atomic mass is 10.1. The monoisotopic (exact) mass is 419 g/mol. The second-order valence-electron chi connectivity index (χ2n) is 6.34. The van der Waals surface area contributed by atoms with E-state index in [9.17, 15) is 0 Å². The molecule has 6 heteroatoms. The average Bonchev–Trinajstić information content (AvgIpc) is 2.74. The number of pyridine rings is 1. The molecule has 4 nitrogen and oxygen atoms in total. The molecule has 0 amide bonds. The third-order valence-electron chi connectivity index (χ3n) is 4.38. The number of hydrogen-bond donors (Lipinski definition) is 2. The lowest BCUT2D eigenvalue weighted by Crippen LogP contribution is -2.20. The smallest absolute Gasteiger partial charge is 0.176 e. The molecule has 3 aromatic carbocycles. The van der Waals surface area contributed by atoms with E-state index < -0.39 is 0 Å². The van der Waals surface area contributed by atoms with Crippen molar-refractivity contribution < 1.29 is 4.74 Å². The molecule has 0 saturated carbocycles. The molecule has 0 spiro atoms. The van der Waals surface area contributed by atoms with Crippen molar-refractivity contribution in [1.29, 1.82) is 0 Å². The zero-order chi connectivity index (χ0) is 20.1. The minimum absolute atomic E-state index is 0.337. The summed E-state index contributed by atoms with van der Waals surface area (Å²) < 4.78 is 5.93. The molecule has 0 atom stereocenters. The highest BCUT2D eigenvalue weighted by atomic mass is 35.5. The Kier molecular flexibility index (Phi) is 5.89. The number of fused-ring (bicyclic) bond motifs is 1. The van der Waals surface area contributed by atoms with Crippen LogP contribution in [0.15, 0.2) is 85.1 Å². The molecule has 0 bridgehead atoms. The van der Waals surface area contributed by atoms with Gasteiger partial charge < -0.3 is 15.4 Å². The first-order valence-corrected chi connectivity index (χ1v) is 9.86. The molecule has 4 aromatic rings. The Morgan fingerprint density at radius 3 is 2.59 bits per heavy atom. The fourth-order valence-electron chi connectivity index (χ4n) is 2.97. The fourth-order valence-corrected chi connectivity index (χ4v) is 3.36. The molecular weight excluding hydrogens is 402 g/mol. The maximum Gasteiger partial charge on any atom is 0.176 e. The van der Waals surface area contributed by atoms with Crippen LogP contribution in [-0.4, -0.2) is 10.1 Å². The predicted octanol–water partition coefficient (Wildman–Crippen LogP) is 6.28. The average molecular weight is 420 g/mol. The first-order valence-electron chi connectivity index (χ1n) is 9.08. The van der Waals surface area contributed by atoms with Crippen molar-refractivity contribution in [3.8, 4) is 5.75 Å². The highest BCUT2D eigenvalue weighted by molar-refractivity contribution is 7.80. The van der Waals surface area contributed by atoms with E-state index in [2.05, 4.69) is 33.8 Å². The van der Waals surface area contributed by atoms with E-state index in [4.69, 9.17) is 28.6 Å². The normalized spacial score (nSPS) is 10.5. The minimum atomic E-state index is 0.337. The highest BCUT2D eigenvalue weighted by Gasteiger charge is 2.09. The molecule has 4 rings (SSSR count). The van der Waals surface area contributed by atoms with E-state index in [1.165, 1.54) is 0 Å². The van der Waals surface area contributed by atoms with Crippen LogP contribution in [0.5, 0.6) is 5.75 Å². The second kappa shape index (κ2) is 8.90.